The van der Waals surface area contributed by atoms with E-state index in [9.17, 15) is 0 Å². The first-order chi connectivity index (χ1) is 6.12. The van der Waals surface area contributed by atoms with Crippen LogP contribution in [0.1, 0.15) is 19.8 Å². The van der Waals surface area contributed by atoms with Crippen molar-refractivity contribution in [1.29, 1.82) is 0 Å². The van der Waals surface area contributed by atoms with Crippen molar-refractivity contribution in [2.75, 3.05) is 40.3 Å². The van der Waals surface area contributed by atoms with Crippen molar-refractivity contribution in [2.24, 2.45) is 0 Å². The van der Waals surface area contributed by atoms with Crippen LogP contribution in [-0.2, 0) is 0 Å². The van der Waals surface area contributed by atoms with E-state index in [2.05, 4.69) is 32.9 Å². The van der Waals surface area contributed by atoms with Crippen molar-refractivity contribution in [3.05, 3.63) is 12.7 Å². The van der Waals surface area contributed by atoms with Crippen LogP contribution in [0.5, 0.6) is 0 Å². The molecule has 78 valence electrons. The van der Waals surface area contributed by atoms with Gasteiger partial charge in [0.05, 0.1) is 27.2 Å². The van der Waals surface area contributed by atoms with Gasteiger partial charge in [-0.05, 0) is 6.42 Å². The van der Waals surface area contributed by atoms with Gasteiger partial charge in [0.1, 0.15) is 0 Å². The van der Waals surface area contributed by atoms with Crippen LogP contribution in [0.3, 0.4) is 0 Å². The van der Waals surface area contributed by atoms with Gasteiger partial charge >= 0.3 is 0 Å². The van der Waals surface area contributed by atoms with Crippen LogP contribution in [0.15, 0.2) is 12.7 Å². The summed E-state index contributed by atoms with van der Waals surface area (Å²) in [6, 6.07) is 0. The fraction of sp³-hybridized carbons (Fsp3) is 0.818. The number of hydrogen-bond acceptors (Lipinski definition) is 1. The Labute approximate surface area is 83.2 Å². The number of nitrogens with zero attached hydrogens (tertiary/aromatic N) is 1. The van der Waals surface area contributed by atoms with E-state index >= 15 is 0 Å². The van der Waals surface area contributed by atoms with Gasteiger partial charge in [-0.15, -0.1) is 6.58 Å². The summed E-state index contributed by atoms with van der Waals surface area (Å²) in [6.07, 6.45) is 4.43. The van der Waals surface area contributed by atoms with Crippen LogP contribution in [0.2, 0.25) is 0 Å². The summed E-state index contributed by atoms with van der Waals surface area (Å²) < 4.78 is 1.15. The first kappa shape index (κ1) is 12.7. The zero-order valence-corrected chi connectivity index (χ0v) is 9.47. The first-order valence-electron chi connectivity index (χ1n) is 5.26. The van der Waals surface area contributed by atoms with Gasteiger partial charge in [-0.2, -0.15) is 0 Å². The predicted octanol–water partition coefficient (Wildman–Crippen LogP) is 1.64. The second-order valence-electron chi connectivity index (χ2n) is 4.23. The van der Waals surface area contributed by atoms with Gasteiger partial charge in [-0.25, -0.2) is 0 Å². The van der Waals surface area contributed by atoms with Crippen LogP contribution in [0.4, 0.5) is 0 Å². The molecule has 0 amide bonds. The van der Waals surface area contributed by atoms with E-state index in [-0.39, 0.29) is 0 Å². The zero-order chi connectivity index (χ0) is 10.2. The summed E-state index contributed by atoms with van der Waals surface area (Å²) in [5, 5.41) is 3.32. The van der Waals surface area contributed by atoms with Crippen molar-refractivity contribution >= 4 is 0 Å². The lowest BCUT2D eigenvalue weighted by Crippen LogP contribution is -2.41. The van der Waals surface area contributed by atoms with Crippen LogP contribution >= 0.6 is 0 Å². The third-order valence-electron chi connectivity index (χ3n) is 2.23. The molecule has 2 nitrogen and oxygen atoms in total. The quantitative estimate of drug-likeness (QED) is 0.344. The number of hydrogen-bond donors (Lipinski definition) is 1. The molecule has 0 aromatic rings. The second-order valence-corrected chi connectivity index (χ2v) is 4.23. The average Bonchev–Trinajstić information content (AvgIpc) is 2.04. The Kier molecular flexibility index (Phi) is 6.92. The molecule has 0 saturated heterocycles. The molecule has 0 rings (SSSR count). The smallest absolute Gasteiger partial charge is 0.0794 e. The molecule has 0 aliphatic heterocycles. The molecule has 0 aromatic carbocycles. The van der Waals surface area contributed by atoms with Crippen LogP contribution in [0, 0.1) is 0 Å². The highest BCUT2D eigenvalue weighted by Crippen LogP contribution is 2.00. The van der Waals surface area contributed by atoms with Crippen LogP contribution in [-0.4, -0.2) is 44.8 Å². The largest absolute Gasteiger partial charge is 0.328 e. The summed E-state index contributed by atoms with van der Waals surface area (Å²) in [7, 11) is 4.61. The van der Waals surface area contributed by atoms with Gasteiger partial charge in [0.15, 0.2) is 0 Å². The SMILES string of the molecule is C=CCNCCC[N+](C)(C)CCC. The van der Waals surface area contributed by atoms with Gasteiger partial charge < -0.3 is 9.80 Å². The fourth-order valence-electron chi connectivity index (χ4n) is 1.55. The standard InChI is InChI=1S/C11H25N2/c1-5-8-12-9-7-11-13(3,4)10-6-2/h5,12H,1,6-11H2,2-4H3/q+1. The van der Waals surface area contributed by atoms with E-state index < -0.39 is 0 Å². The van der Waals surface area contributed by atoms with Crippen molar-refractivity contribution in [1.82, 2.24) is 5.32 Å². The highest BCUT2D eigenvalue weighted by atomic mass is 15.3. The Morgan fingerprint density at radius 1 is 1.31 bits per heavy atom. The Hall–Kier alpha value is -0.340. The van der Waals surface area contributed by atoms with Crippen molar-refractivity contribution < 1.29 is 4.48 Å². The molecule has 13 heavy (non-hydrogen) atoms. The minimum absolute atomic E-state index is 0.932. The van der Waals surface area contributed by atoms with Gasteiger partial charge in [0.25, 0.3) is 0 Å². The molecule has 0 aliphatic carbocycles. The Morgan fingerprint density at radius 3 is 2.54 bits per heavy atom. The van der Waals surface area contributed by atoms with Gasteiger partial charge in [0, 0.05) is 19.5 Å². The number of nitrogens with one attached hydrogen (secondary N) is 1. The lowest BCUT2D eigenvalue weighted by molar-refractivity contribution is -0.890. The Balaban J connectivity index is 3.34. The third kappa shape index (κ3) is 8.00. The summed E-state index contributed by atoms with van der Waals surface area (Å²) in [4.78, 5) is 0. The summed E-state index contributed by atoms with van der Waals surface area (Å²) in [5.41, 5.74) is 0. The van der Waals surface area contributed by atoms with Crippen molar-refractivity contribution in [3.8, 4) is 0 Å². The monoisotopic (exact) mass is 185 g/mol. The zero-order valence-electron chi connectivity index (χ0n) is 9.47. The fourth-order valence-corrected chi connectivity index (χ4v) is 1.55. The summed E-state index contributed by atoms with van der Waals surface area (Å²) >= 11 is 0. The molecule has 0 aliphatic rings. The molecule has 0 unspecified atom stereocenters. The van der Waals surface area contributed by atoms with Crippen LogP contribution < -0.4 is 5.32 Å². The molecule has 0 radical (unpaired) electrons. The van der Waals surface area contributed by atoms with Crippen LogP contribution in [0.25, 0.3) is 0 Å². The highest BCUT2D eigenvalue weighted by Gasteiger charge is 2.11. The predicted molar refractivity (Wildman–Crippen MR) is 59.8 cm³/mol. The van der Waals surface area contributed by atoms with E-state index in [1.807, 2.05) is 6.08 Å². The minimum atomic E-state index is 0.932. The molecule has 0 fully saturated rings. The molecule has 0 heterocycles. The van der Waals surface area contributed by atoms with E-state index in [1.54, 1.807) is 0 Å². The lowest BCUT2D eigenvalue weighted by atomic mass is 10.3. The van der Waals surface area contributed by atoms with E-state index in [1.165, 1.54) is 25.9 Å². The van der Waals surface area contributed by atoms with Gasteiger partial charge in [0.2, 0.25) is 0 Å². The molecule has 2 heteroatoms. The number of quaternary nitrogens is 1. The molecule has 0 spiro atoms. The average molecular weight is 185 g/mol. The Bertz CT molecular complexity index is 130. The molecule has 0 bridgehead atoms. The molecule has 0 saturated carbocycles. The lowest BCUT2D eigenvalue weighted by Gasteiger charge is -2.29. The first-order valence-corrected chi connectivity index (χ1v) is 5.26. The maximum atomic E-state index is 3.67. The molecular weight excluding hydrogens is 160 g/mol. The van der Waals surface area contributed by atoms with Crippen molar-refractivity contribution in [3.63, 3.8) is 0 Å². The maximum absolute atomic E-state index is 3.67. The van der Waals surface area contributed by atoms with Crippen molar-refractivity contribution in [2.45, 2.75) is 19.8 Å². The topological polar surface area (TPSA) is 12.0 Å². The number of rotatable bonds is 8. The molecule has 1 N–H and O–H groups in total. The summed E-state index contributed by atoms with van der Waals surface area (Å²) in [5.74, 6) is 0. The van der Waals surface area contributed by atoms with Gasteiger partial charge in [-0.1, -0.05) is 13.0 Å². The van der Waals surface area contributed by atoms with E-state index in [0.29, 0.717) is 0 Å². The third-order valence-corrected chi connectivity index (χ3v) is 2.23. The molecule has 0 aromatic heterocycles. The van der Waals surface area contributed by atoms with Gasteiger partial charge in [-0.3, -0.25) is 0 Å². The van der Waals surface area contributed by atoms with E-state index in [0.717, 1.165) is 17.6 Å². The minimum Gasteiger partial charge on any atom is -0.328 e. The maximum Gasteiger partial charge on any atom is 0.0794 e. The molecule has 0 atom stereocenters. The Morgan fingerprint density at radius 2 is 2.00 bits per heavy atom. The highest BCUT2D eigenvalue weighted by molar-refractivity contribution is 4.69. The normalized spacial score (nSPS) is 11.6. The second kappa shape index (κ2) is 7.10. The molecular formula is C11H25N2+. The van der Waals surface area contributed by atoms with E-state index in [4.69, 9.17) is 0 Å². The summed E-state index contributed by atoms with van der Waals surface area (Å²) in [6.45, 7) is 10.5.